The maximum atomic E-state index is 12.4. The van der Waals surface area contributed by atoms with Crippen LogP contribution in [-0.2, 0) is 26.2 Å². The van der Waals surface area contributed by atoms with E-state index in [-0.39, 0.29) is 23.8 Å². The van der Waals surface area contributed by atoms with Gasteiger partial charge in [-0.1, -0.05) is 31.2 Å². The molecule has 2 aliphatic carbocycles. The van der Waals surface area contributed by atoms with E-state index in [2.05, 4.69) is 19.1 Å². The summed E-state index contributed by atoms with van der Waals surface area (Å²) < 4.78 is 5.52. The van der Waals surface area contributed by atoms with Gasteiger partial charge in [-0.25, -0.2) is 0 Å². The molecule has 0 saturated heterocycles. The third-order valence-corrected chi connectivity index (χ3v) is 5.27. The lowest BCUT2D eigenvalue weighted by Gasteiger charge is -2.51. The Morgan fingerprint density at radius 1 is 1.24 bits per heavy atom. The van der Waals surface area contributed by atoms with E-state index >= 15 is 0 Å². The predicted octanol–water partition coefficient (Wildman–Crippen LogP) is 3.05. The first-order valence-corrected chi connectivity index (χ1v) is 7.50. The van der Waals surface area contributed by atoms with E-state index in [0.29, 0.717) is 12.8 Å². The van der Waals surface area contributed by atoms with Gasteiger partial charge in [-0.15, -0.1) is 0 Å². The molecule has 0 N–H and O–H groups in total. The summed E-state index contributed by atoms with van der Waals surface area (Å²) >= 11 is 0. The van der Waals surface area contributed by atoms with Crippen molar-refractivity contribution in [2.75, 3.05) is 6.61 Å². The predicted molar refractivity (Wildman–Crippen MR) is 80.0 cm³/mol. The van der Waals surface area contributed by atoms with Crippen molar-refractivity contribution in [3.8, 4) is 0 Å². The second-order valence-electron chi connectivity index (χ2n) is 7.67. The Bertz CT molecular complexity index is 626. The number of fused-ring (bicyclic) bond motifs is 3. The van der Waals surface area contributed by atoms with Gasteiger partial charge < -0.3 is 4.74 Å². The van der Waals surface area contributed by atoms with Crippen LogP contribution in [0.2, 0.25) is 0 Å². The van der Waals surface area contributed by atoms with Crippen LogP contribution in [-0.4, -0.2) is 18.4 Å². The molecular formula is C18H22O3. The summed E-state index contributed by atoms with van der Waals surface area (Å²) in [6, 6.07) is 8.21. The third-order valence-electron chi connectivity index (χ3n) is 5.27. The Morgan fingerprint density at radius 3 is 2.52 bits per heavy atom. The van der Waals surface area contributed by atoms with Crippen LogP contribution in [0.5, 0.6) is 0 Å². The fourth-order valence-corrected chi connectivity index (χ4v) is 3.74. The Morgan fingerprint density at radius 2 is 1.90 bits per heavy atom. The van der Waals surface area contributed by atoms with Gasteiger partial charge >= 0.3 is 5.97 Å². The highest BCUT2D eigenvalue weighted by Crippen LogP contribution is 2.62. The summed E-state index contributed by atoms with van der Waals surface area (Å²) in [5.41, 5.74) is 1.20. The van der Waals surface area contributed by atoms with Gasteiger partial charge in [0.1, 0.15) is 12.4 Å². The molecule has 2 aliphatic rings. The van der Waals surface area contributed by atoms with Crippen LogP contribution in [0.1, 0.15) is 45.2 Å². The zero-order chi connectivity index (χ0) is 15.5. The summed E-state index contributed by atoms with van der Waals surface area (Å²) in [5.74, 6) is -0.0159. The molecule has 1 saturated carbocycles. The van der Waals surface area contributed by atoms with Crippen LogP contribution >= 0.6 is 0 Å². The standard InChI is InChI=1S/C18H22O3/c1-16(2,3)15(20)21-11-18-9-12-7-5-6-8-13(12)17(18,4)10-14(18)19/h5-8H,9-11H2,1-4H3/t17-,18+/m1/s1. The number of Topliss-reactive ketones (excluding diaryl/α,β-unsaturated/α-hetero) is 1. The van der Waals surface area contributed by atoms with Crippen molar-refractivity contribution in [2.45, 2.75) is 46.0 Å². The van der Waals surface area contributed by atoms with Crippen molar-refractivity contribution in [1.82, 2.24) is 0 Å². The molecule has 112 valence electrons. The number of esters is 1. The number of benzene rings is 1. The van der Waals surface area contributed by atoms with Crippen molar-refractivity contribution < 1.29 is 14.3 Å². The highest BCUT2D eigenvalue weighted by atomic mass is 16.5. The molecule has 3 rings (SSSR count). The summed E-state index contributed by atoms with van der Waals surface area (Å²) in [4.78, 5) is 24.4. The molecule has 0 unspecified atom stereocenters. The van der Waals surface area contributed by atoms with Gasteiger partial charge in [-0.2, -0.15) is 0 Å². The maximum absolute atomic E-state index is 12.4. The normalized spacial score (nSPS) is 30.4. The van der Waals surface area contributed by atoms with Gasteiger partial charge in [0.05, 0.1) is 10.8 Å². The molecule has 21 heavy (non-hydrogen) atoms. The van der Waals surface area contributed by atoms with Crippen molar-refractivity contribution in [2.24, 2.45) is 10.8 Å². The molecule has 0 amide bonds. The smallest absolute Gasteiger partial charge is 0.311 e. The number of ether oxygens (including phenoxy) is 1. The van der Waals surface area contributed by atoms with Crippen LogP contribution in [0.4, 0.5) is 0 Å². The quantitative estimate of drug-likeness (QED) is 0.785. The van der Waals surface area contributed by atoms with Gasteiger partial charge in [0.15, 0.2) is 0 Å². The first kappa shape index (κ1) is 14.3. The summed E-state index contributed by atoms with van der Waals surface area (Å²) in [6.45, 7) is 7.83. The van der Waals surface area contributed by atoms with Crippen LogP contribution in [0.15, 0.2) is 24.3 Å². The number of rotatable bonds is 2. The van der Waals surface area contributed by atoms with E-state index in [4.69, 9.17) is 4.74 Å². The second-order valence-corrected chi connectivity index (χ2v) is 7.67. The van der Waals surface area contributed by atoms with Crippen LogP contribution in [0.3, 0.4) is 0 Å². The number of ketones is 1. The van der Waals surface area contributed by atoms with Crippen LogP contribution in [0, 0.1) is 10.8 Å². The van der Waals surface area contributed by atoms with E-state index in [1.165, 1.54) is 11.1 Å². The molecular weight excluding hydrogens is 264 g/mol. The fraction of sp³-hybridized carbons (Fsp3) is 0.556. The minimum absolute atomic E-state index is 0.182. The molecule has 1 aromatic rings. The first-order valence-electron chi connectivity index (χ1n) is 7.50. The number of hydrogen-bond acceptors (Lipinski definition) is 3. The minimum atomic E-state index is -0.544. The number of carbonyl (C=O) groups is 2. The van der Waals surface area contributed by atoms with Crippen molar-refractivity contribution >= 4 is 11.8 Å². The minimum Gasteiger partial charge on any atom is -0.464 e. The van der Waals surface area contributed by atoms with Crippen molar-refractivity contribution in [1.29, 1.82) is 0 Å². The number of hydrogen-bond donors (Lipinski definition) is 0. The monoisotopic (exact) mass is 286 g/mol. The molecule has 0 radical (unpaired) electrons. The second kappa shape index (κ2) is 4.19. The topological polar surface area (TPSA) is 43.4 Å². The Hall–Kier alpha value is -1.64. The average Bonchev–Trinajstić information content (AvgIpc) is 2.61. The van der Waals surface area contributed by atoms with Gasteiger partial charge in [-0.05, 0) is 38.3 Å². The first-order chi connectivity index (χ1) is 9.71. The van der Waals surface area contributed by atoms with E-state index in [1.807, 2.05) is 32.9 Å². The lowest BCUT2D eigenvalue weighted by atomic mass is 9.50. The van der Waals surface area contributed by atoms with E-state index < -0.39 is 10.8 Å². The fourth-order valence-electron chi connectivity index (χ4n) is 3.74. The van der Waals surface area contributed by atoms with E-state index in [1.54, 1.807) is 0 Å². The molecule has 1 fully saturated rings. The average molecular weight is 286 g/mol. The molecule has 0 aromatic heterocycles. The number of carbonyl (C=O) groups excluding carboxylic acids is 2. The van der Waals surface area contributed by atoms with E-state index in [9.17, 15) is 9.59 Å². The summed E-state index contributed by atoms with van der Waals surface area (Å²) in [6.07, 6.45) is 1.24. The molecule has 0 aliphatic heterocycles. The zero-order valence-corrected chi connectivity index (χ0v) is 13.2. The largest absolute Gasteiger partial charge is 0.464 e. The molecule has 0 heterocycles. The SMILES string of the molecule is CC(C)(C)C(=O)OC[C@]12Cc3ccccc3[C@@]1(C)CC2=O. The van der Waals surface area contributed by atoms with E-state index in [0.717, 1.165) is 0 Å². The molecule has 0 spiro atoms. The lowest BCUT2D eigenvalue weighted by molar-refractivity contribution is -0.168. The lowest BCUT2D eigenvalue weighted by Crippen LogP contribution is -2.61. The molecule has 3 nitrogen and oxygen atoms in total. The Balaban J connectivity index is 1.88. The summed E-state index contributed by atoms with van der Waals surface area (Å²) in [7, 11) is 0. The van der Waals surface area contributed by atoms with Crippen LogP contribution < -0.4 is 0 Å². The highest BCUT2D eigenvalue weighted by molar-refractivity contribution is 5.97. The van der Waals surface area contributed by atoms with Gasteiger partial charge in [0.25, 0.3) is 0 Å². The van der Waals surface area contributed by atoms with Gasteiger partial charge in [0, 0.05) is 11.8 Å². The van der Waals surface area contributed by atoms with Crippen molar-refractivity contribution in [3.63, 3.8) is 0 Å². The van der Waals surface area contributed by atoms with Crippen LogP contribution in [0.25, 0.3) is 0 Å². The molecule has 3 heteroatoms. The Labute approximate surface area is 125 Å². The Kier molecular flexibility index (Phi) is 2.85. The zero-order valence-electron chi connectivity index (χ0n) is 13.2. The third kappa shape index (κ3) is 1.79. The van der Waals surface area contributed by atoms with Gasteiger partial charge in [-0.3, -0.25) is 9.59 Å². The van der Waals surface area contributed by atoms with Crippen molar-refractivity contribution in [3.05, 3.63) is 35.4 Å². The summed E-state index contributed by atoms with van der Waals surface area (Å²) in [5, 5.41) is 0. The molecule has 0 bridgehead atoms. The van der Waals surface area contributed by atoms with Gasteiger partial charge in [0.2, 0.25) is 0 Å². The highest BCUT2D eigenvalue weighted by Gasteiger charge is 2.68. The molecule has 2 atom stereocenters. The molecule has 1 aromatic carbocycles. The maximum Gasteiger partial charge on any atom is 0.311 e.